The van der Waals surface area contributed by atoms with Gasteiger partial charge in [-0.15, -0.1) is 11.3 Å². The zero-order chi connectivity index (χ0) is 25.1. The number of hydrogen-bond acceptors (Lipinski definition) is 3. The van der Waals surface area contributed by atoms with Crippen LogP contribution in [0.25, 0.3) is 70.2 Å². The van der Waals surface area contributed by atoms with Gasteiger partial charge in [0.2, 0.25) is 0 Å². The van der Waals surface area contributed by atoms with Gasteiger partial charge in [0.1, 0.15) is 6.33 Å². The Kier molecular flexibility index (Phi) is 4.69. The highest BCUT2D eigenvalue weighted by Crippen LogP contribution is 2.38. The molecule has 3 nitrogen and oxygen atoms in total. The highest BCUT2D eigenvalue weighted by Gasteiger charge is 2.14. The lowest BCUT2D eigenvalue weighted by molar-refractivity contribution is 1.18. The number of thiophene rings is 1. The minimum Gasteiger partial charge on any atom is -0.309 e. The summed E-state index contributed by atoms with van der Waals surface area (Å²) in [5.41, 5.74) is 9.03. The lowest BCUT2D eigenvalue weighted by Crippen LogP contribution is -1.94. The fourth-order valence-corrected chi connectivity index (χ4v) is 6.77. The molecular formula is C34H21N3S. The van der Waals surface area contributed by atoms with E-state index in [-0.39, 0.29) is 0 Å². The molecule has 178 valence electrons. The molecule has 0 amide bonds. The van der Waals surface area contributed by atoms with Crippen LogP contribution in [-0.2, 0) is 0 Å². The summed E-state index contributed by atoms with van der Waals surface area (Å²) in [4.78, 5) is 9.35. The molecule has 0 fully saturated rings. The minimum atomic E-state index is 0.983. The Morgan fingerprint density at radius 3 is 1.95 bits per heavy atom. The monoisotopic (exact) mass is 503 g/mol. The van der Waals surface area contributed by atoms with E-state index in [2.05, 4.69) is 131 Å². The van der Waals surface area contributed by atoms with Gasteiger partial charge in [-0.25, -0.2) is 9.97 Å². The van der Waals surface area contributed by atoms with Gasteiger partial charge in [-0.05, 0) is 47.5 Å². The molecule has 0 bridgehead atoms. The van der Waals surface area contributed by atoms with Crippen LogP contribution in [0.2, 0.25) is 0 Å². The van der Waals surface area contributed by atoms with Crippen LogP contribution in [0.3, 0.4) is 0 Å². The lowest BCUT2D eigenvalue weighted by Gasteiger charge is -2.11. The Morgan fingerprint density at radius 1 is 0.526 bits per heavy atom. The number of fused-ring (bicyclic) bond motifs is 6. The van der Waals surface area contributed by atoms with E-state index in [0.29, 0.717) is 0 Å². The fourth-order valence-electron chi connectivity index (χ4n) is 5.60. The molecule has 0 saturated heterocycles. The molecule has 0 aliphatic carbocycles. The van der Waals surface area contributed by atoms with Gasteiger partial charge in [0.05, 0.1) is 26.9 Å². The first kappa shape index (κ1) is 21.3. The van der Waals surface area contributed by atoms with E-state index in [9.17, 15) is 0 Å². The van der Waals surface area contributed by atoms with E-state index >= 15 is 0 Å². The standard InChI is InChI=1S/C34H21N3S/c1-4-16-29-26(13-1)27-14-2-5-17-30(27)37(29)25-12-8-10-23(20-25)22-9-7-11-24(19-22)32-34-33(36-21-35-32)28-15-3-6-18-31(28)38-34/h1-21H. The number of aromatic nitrogens is 3. The van der Waals surface area contributed by atoms with Gasteiger partial charge in [0.15, 0.2) is 0 Å². The van der Waals surface area contributed by atoms with Gasteiger partial charge in [-0.2, -0.15) is 0 Å². The smallest absolute Gasteiger partial charge is 0.116 e. The van der Waals surface area contributed by atoms with Crippen LogP contribution >= 0.6 is 11.3 Å². The third-order valence-electron chi connectivity index (χ3n) is 7.31. The summed E-state index contributed by atoms with van der Waals surface area (Å²) in [6.07, 6.45) is 1.69. The van der Waals surface area contributed by atoms with E-state index in [1.165, 1.54) is 37.5 Å². The Hall–Kier alpha value is -4.80. The average Bonchev–Trinajstić information content (AvgIpc) is 3.53. The average molecular weight is 504 g/mol. The lowest BCUT2D eigenvalue weighted by atomic mass is 10.0. The summed E-state index contributed by atoms with van der Waals surface area (Å²) in [6.45, 7) is 0. The van der Waals surface area contributed by atoms with Crippen molar-refractivity contribution in [2.45, 2.75) is 0 Å². The highest BCUT2D eigenvalue weighted by atomic mass is 32.1. The second kappa shape index (κ2) is 8.37. The van der Waals surface area contributed by atoms with Crippen molar-refractivity contribution in [1.29, 1.82) is 0 Å². The number of hydrogen-bond donors (Lipinski definition) is 0. The maximum atomic E-state index is 4.73. The molecule has 5 aromatic carbocycles. The summed E-state index contributed by atoms with van der Waals surface area (Å²) in [5, 5.41) is 3.73. The van der Waals surface area contributed by atoms with Crippen molar-refractivity contribution in [3.63, 3.8) is 0 Å². The third-order valence-corrected chi connectivity index (χ3v) is 8.48. The van der Waals surface area contributed by atoms with Crippen LogP contribution in [-0.4, -0.2) is 14.5 Å². The SMILES string of the molecule is c1cc(-c2cccc(-n3c4ccccc4c4ccccc43)c2)cc(-c2ncnc3c2sc2ccccc23)c1. The predicted molar refractivity (Wildman–Crippen MR) is 160 cm³/mol. The van der Waals surface area contributed by atoms with Crippen LogP contribution < -0.4 is 0 Å². The quantitative estimate of drug-likeness (QED) is 0.240. The van der Waals surface area contributed by atoms with Crippen molar-refractivity contribution in [2.24, 2.45) is 0 Å². The summed E-state index contributed by atoms with van der Waals surface area (Å²) in [6, 6.07) is 43.2. The molecule has 3 heterocycles. The van der Waals surface area contributed by atoms with Crippen molar-refractivity contribution >= 4 is 53.4 Å². The molecule has 3 aromatic heterocycles. The third kappa shape index (κ3) is 3.21. The normalized spacial score (nSPS) is 11.7. The molecule has 4 heteroatoms. The van der Waals surface area contributed by atoms with Crippen LogP contribution in [0.15, 0.2) is 128 Å². The summed E-state index contributed by atoms with van der Waals surface area (Å²) < 4.78 is 4.73. The summed E-state index contributed by atoms with van der Waals surface area (Å²) >= 11 is 1.76. The molecule has 0 spiro atoms. The Morgan fingerprint density at radius 2 is 1.16 bits per heavy atom. The molecule has 0 saturated carbocycles. The molecule has 0 N–H and O–H groups in total. The van der Waals surface area contributed by atoms with Crippen LogP contribution in [0.4, 0.5) is 0 Å². The van der Waals surface area contributed by atoms with Crippen molar-refractivity contribution in [3.05, 3.63) is 128 Å². The largest absolute Gasteiger partial charge is 0.309 e. The highest BCUT2D eigenvalue weighted by molar-refractivity contribution is 7.26. The second-order valence-corrected chi connectivity index (χ2v) is 10.6. The first-order valence-corrected chi connectivity index (χ1v) is 13.5. The summed E-state index contributed by atoms with van der Waals surface area (Å²) in [5.74, 6) is 0. The van der Waals surface area contributed by atoms with E-state index < -0.39 is 0 Å². The van der Waals surface area contributed by atoms with Gasteiger partial charge in [-0.3, -0.25) is 0 Å². The molecular weight excluding hydrogens is 482 g/mol. The van der Waals surface area contributed by atoms with Crippen LogP contribution in [0.1, 0.15) is 0 Å². The van der Waals surface area contributed by atoms with Crippen LogP contribution in [0.5, 0.6) is 0 Å². The number of para-hydroxylation sites is 2. The predicted octanol–water partition coefficient (Wildman–Crippen LogP) is 9.28. The number of nitrogens with zero attached hydrogens (tertiary/aromatic N) is 3. The van der Waals surface area contributed by atoms with Crippen LogP contribution in [0, 0.1) is 0 Å². The van der Waals surface area contributed by atoms with E-state index in [0.717, 1.165) is 32.7 Å². The van der Waals surface area contributed by atoms with Gasteiger partial charge in [0, 0.05) is 32.1 Å². The molecule has 0 radical (unpaired) electrons. The molecule has 8 rings (SSSR count). The second-order valence-electron chi connectivity index (χ2n) is 9.50. The Labute approximate surface area is 223 Å². The molecule has 0 aliphatic rings. The maximum Gasteiger partial charge on any atom is 0.116 e. The number of benzene rings is 5. The van der Waals surface area contributed by atoms with E-state index in [1.54, 1.807) is 17.7 Å². The first-order chi connectivity index (χ1) is 18.8. The molecule has 38 heavy (non-hydrogen) atoms. The van der Waals surface area contributed by atoms with Crippen molar-refractivity contribution in [2.75, 3.05) is 0 Å². The molecule has 0 aliphatic heterocycles. The molecule has 8 aromatic rings. The Balaban J connectivity index is 1.28. The minimum absolute atomic E-state index is 0.983. The van der Waals surface area contributed by atoms with Gasteiger partial charge in [-0.1, -0.05) is 84.9 Å². The van der Waals surface area contributed by atoms with Crippen molar-refractivity contribution < 1.29 is 0 Å². The first-order valence-electron chi connectivity index (χ1n) is 12.7. The van der Waals surface area contributed by atoms with Crippen molar-refractivity contribution in [3.8, 4) is 28.1 Å². The Bertz CT molecular complexity index is 2100. The zero-order valence-electron chi connectivity index (χ0n) is 20.4. The van der Waals surface area contributed by atoms with Gasteiger partial charge >= 0.3 is 0 Å². The summed E-state index contributed by atoms with van der Waals surface area (Å²) in [7, 11) is 0. The topological polar surface area (TPSA) is 30.7 Å². The van der Waals surface area contributed by atoms with Gasteiger partial charge in [0.25, 0.3) is 0 Å². The maximum absolute atomic E-state index is 4.73. The van der Waals surface area contributed by atoms with Gasteiger partial charge < -0.3 is 4.57 Å². The van der Waals surface area contributed by atoms with Crippen molar-refractivity contribution in [1.82, 2.24) is 14.5 Å². The van der Waals surface area contributed by atoms with E-state index in [4.69, 9.17) is 4.98 Å². The number of rotatable bonds is 3. The molecule has 0 atom stereocenters. The van der Waals surface area contributed by atoms with E-state index in [1.807, 2.05) is 0 Å². The molecule has 0 unspecified atom stereocenters. The fraction of sp³-hybridized carbons (Fsp3) is 0. The zero-order valence-corrected chi connectivity index (χ0v) is 21.2.